The fourth-order valence-corrected chi connectivity index (χ4v) is 2.78. The summed E-state index contributed by atoms with van der Waals surface area (Å²) in [5.74, 6) is 1.66. The standard InChI is InChI=1S/C13H26N2O/c1-12-3-2-6-15(10-12)7-5-14-9-13-4-8-16-11-13/h12-14H,2-11H2,1H3. The van der Waals surface area contributed by atoms with Gasteiger partial charge in [-0.05, 0) is 37.6 Å². The molecule has 3 nitrogen and oxygen atoms in total. The Morgan fingerprint density at radius 3 is 3.06 bits per heavy atom. The second-order valence-corrected chi connectivity index (χ2v) is 5.48. The first kappa shape index (κ1) is 12.3. The molecule has 2 fully saturated rings. The molecule has 2 aliphatic heterocycles. The maximum atomic E-state index is 5.37. The summed E-state index contributed by atoms with van der Waals surface area (Å²) >= 11 is 0. The first-order valence-electron chi connectivity index (χ1n) is 6.85. The van der Waals surface area contributed by atoms with Crippen LogP contribution < -0.4 is 5.32 Å². The molecule has 0 aromatic rings. The molecule has 2 unspecified atom stereocenters. The monoisotopic (exact) mass is 226 g/mol. The van der Waals surface area contributed by atoms with E-state index in [2.05, 4.69) is 17.1 Å². The van der Waals surface area contributed by atoms with Gasteiger partial charge in [0.2, 0.25) is 0 Å². The molecule has 3 heteroatoms. The summed E-state index contributed by atoms with van der Waals surface area (Å²) in [6, 6.07) is 0. The minimum absolute atomic E-state index is 0.764. The predicted octanol–water partition coefficient (Wildman–Crippen LogP) is 1.34. The van der Waals surface area contributed by atoms with Crippen LogP contribution in [0.25, 0.3) is 0 Å². The van der Waals surface area contributed by atoms with Crippen LogP contribution in [0.5, 0.6) is 0 Å². The third kappa shape index (κ3) is 4.04. The van der Waals surface area contributed by atoms with Crippen LogP contribution in [-0.2, 0) is 4.74 Å². The maximum Gasteiger partial charge on any atom is 0.0507 e. The largest absolute Gasteiger partial charge is 0.381 e. The van der Waals surface area contributed by atoms with Gasteiger partial charge in [0.15, 0.2) is 0 Å². The van der Waals surface area contributed by atoms with E-state index in [4.69, 9.17) is 4.74 Å². The summed E-state index contributed by atoms with van der Waals surface area (Å²) in [5.41, 5.74) is 0. The summed E-state index contributed by atoms with van der Waals surface area (Å²) in [7, 11) is 0. The van der Waals surface area contributed by atoms with Crippen molar-refractivity contribution in [3.05, 3.63) is 0 Å². The highest BCUT2D eigenvalue weighted by molar-refractivity contribution is 4.71. The zero-order valence-electron chi connectivity index (χ0n) is 10.6. The lowest BCUT2D eigenvalue weighted by molar-refractivity contribution is 0.178. The Balaban J connectivity index is 1.50. The Morgan fingerprint density at radius 1 is 1.38 bits per heavy atom. The van der Waals surface area contributed by atoms with Gasteiger partial charge in [0.05, 0.1) is 6.61 Å². The molecule has 2 aliphatic rings. The number of piperidine rings is 1. The summed E-state index contributed by atoms with van der Waals surface area (Å²) < 4.78 is 5.37. The van der Waals surface area contributed by atoms with Crippen molar-refractivity contribution >= 4 is 0 Å². The molecular formula is C13H26N2O. The first-order chi connectivity index (χ1) is 7.84. The van der Waals surface area contributed by atoms with Crippen molar-refractivity contribution in [2.75, 3.05) is 45.9 Å². The van der Waals surface area contributed by atoms with Gasteiger partial charge in [0.1, 0.15) is 0 Å². The second-order valence-electron chi connectivity index (χ2n) is 5.48. The smallest absolute Gasteiger partial charge is 0.0507 e. The lowest BCUT2D eigenvalue weighted by Gasteiger charge is -2.30. The van der Waals surface area contributed by atoms with E-state index in [0.29, 0.717) is 0 Å². The minimum atomic E-state index is 0.764. The Labute approximate surface area is 99.5 Å². The number of ether oxygens (including phenoxy) is 1. The summed E-state index contributed by atoms with van der Waals surface area (Å²) in [6.07, 6.45) is 4.05. The summed E-state index contributed by atoms with van der Waals surface area (Å²) in [6.45, 7) is 10.4. The van der Waals surface area contributed by atoms with E-state index in [-0.39, 0.29) is 0 Å². The molecule has 94 valence electrons. The Morgan fingerprint density at radius 2 is 2.31 bits per heavy atom. The van der Waals surface area contributed by atoms with Crippen LogP contribution in [0.2, 0.25) is 0 Å². The van der Waals surface area contributed by atoms with Gasteiger partial charge in [-0.25, -0.2) is 0 Å². The van der Waals surface area contributed by atoms with E-state index in [9.17, 15) is 0 Å². The van der Waals surface area contributed by atoms with Crippen LogP contribution in [-0.4, -0.2) is 50.8 Å². The molecule has 0 bridgehead atoms. The molecule has 2 saturated heterocycles. The van der Waals surface area contributed by atoms with E-state index in [1.807, 2.05) is 0 Å². The number of nitrogens with one attached hydrogen (secondary N) is 1. The quantitative estimate of drug-likeness (QED) is 0.716. The van der Waals surface area contributed by atoms with Gasteiger partial charge in [0, 0.05) is 32.8 Å². The Hall–Kier alpha value is -0.120. The zero-order valence-corrected chi connectivity index (χ0v) is 10.6. The van der Waals surface area contributed by atoms with Crippen molar-refractivity contribution in [3.8, 4) is 0 Å². The molecule has 1 N–H and O–H groups in total. The third-order valence-corrected chi connectivity index (χ3v) is 3.80. The van der Waals surface area contributed by atoms with E-state index in [0.717, 1.165) is 38.1 Å². The molecule has 0 saturated carbocycles. The molecule has 0 aromatic carbocycles. The second kappa shape index (κ2) is 6.58. The van der Waals surface area contributed by atoms with Crippen LogP contribution in [0, 0.1) is 11.8 Å². The highest BCUT2D eigenvalue weighted by atomic mass is 16.5. The van der Waals surface area contributed by atoms with Gasteiger partial charge in [-0.3, -0.25) is 0 Å². The highest BCUT2D eigenvalue weighted by Gasteiger charge is 2.17. The summed E-state index contributed by atoms with van der Waals surface area (Å²) in [5, 5.41) is 3.57. The van der Waals surface area contributed by atoms with Crippen LogP contribution >= 0.6 is 0 Å². The SMILES string of the molecule is CC1CCCN(CCNCC2CCOC2)C1. The predicted molar refractivity (Wildman–Crippen MR) is 66.6 cm³/mol. The maximum absolute atomic E-state index is 5.37. The van der Waals surface area contributed by atoms with Gasteiger partial charge in [-0.2, -0.15) is 0 Å². The Kier molecular flexibility index (Phi) is 5.07. The van der Waals surface area contributed by atoms with Crippen molar-refractivity contribution in [2.45, 2.75) is 26.2 Å². The number of hydrogen-bond donors (Lipinski definition) is 1. The molecule has 2 rings (SSSR count). The van der Waals surface area contributed by atoms with Crippen LogP contribution in [0.15, 0.2) is 0 Å². The van der Waals surface area contributed by atoms with Gasteiger partial charge in [0.25, 0.3) is 0 Å². The van der Waals surface area contributed by atoms with Crippen molar-refractivity contribution in [3.63, 3.8) is 0 Å². The van der Waals surface area contributed by atoms with E-state index >= 15 is 0 Å². The normalized spacial score (nSPS) is 32.1. The van der Waals surface area contributed by atoms with Crippen molar-refractivity contribution in [1.29, 1.82) is 0 Å². The van der Waals surface area contributed by atoms with Gasteiger partial charge in [-0.1, -0.05) is 6.92 Å². The molecular weight excluding hydrogens is 200 g/mol. The third-order valence-electron chi connectivity index (χ3n) is 3.80. The van der Waals surface area contributed by atoms with Gasteiger partial charge >= 0.3 is 0 Å². The molecule has 0 spiro atoms. The summed E-state index contributed by atoms with van der Waals surface area (Å²) in [4.78, 5) is 2.60. The van der Waals surface area contributed by atoms with E-state index < -0.39 is 0 Å². The fraction of sp³-hybridized carbons (Fsp3) is 1.00. The topological polar surface area (TPSA) is 24.5 Å². The van der Waals surface area contributed by atoms with Crippen molar-refractivity contribution in [2.24, 2.45) is 11.8 Å². The van der Waals surface area contributed by atoms with E-state index in [1.165, 1.54) is 38.9 Å². The number of nitrogens with zero attached hydrogens (tertiary/aromatic N) is 1. The van der Waals surface area contributed by atoms with Crippen LogP contribution in [0.1, 0.15) is 26.2 Å². The average molecular weight is 226 g/mol. The molecule has 0 amide bonds. The molecule has 0 aromatic heterocycles. The molecule has 0 aliphatic carbocycles. The van der Waals surface area contributed by atoms with Gasteiger partial charge < -0.3 is 15.0 Å². The van der Waals surface area contributed by atoms with Crippen molar-refractivity contribution in [1.82, 2.24) is 10.2 Å². The molecule has 16 heavy (non-hydrogen) atoms. The zero-order chi connectivity index (χ0) is 11.2. The van der Waals surface area contributed by atoms with Crippen molar-refractivity contribution < 1.29 is 4.74 Å². The number of likely N-dealkylation sites (tertiary alicyclic amines) is 1. The fourth-order valence-electron chi connectivity index (χ4n) is 2.78. The molecule has 2 heterocycles. The first-order valence-corrected chi connectivity index (χ1v) is 6.85. The average Bonchev–Trinajstić information content (AvgIpc) is 2.77. The molecule has 0 radical (unpaired) electrons. The number of hydrogen-bond acceptors (Lipinski definition) is 3. The number of rotatable bonds is 5. The minimum Gasteiger partial charge on any atom is -0.381 e. The lowest BCUT2D eigenvalue weighted by atomic mass is 10.0. The lowest BCUT2D eigenvalue weighted by Crippen LogP contribution is -2.39. The van der Waals surface area contributed by atoms with Gasteiger partial charge in [-0.15, -0.1) is 0 Å². The molecule has 2 atom stereocenters. The van der Waals surface area contributed by atoms with Crippen LogP contribution in [0.3, 0.4) is 0 Å². The Bertz CT molecular complexity index is 192. The van der Waals surface area contributed by atoms with E-state index in [1.54, 1.807) is 0 Å². The van der Waals surface area contributed by atoms with Crippen LogP contribution in [0.4, 0.5) is 0 Å². The highest BCUT2D eigenvalue weighted by Crippen LogP contribution is 2.14.